The van der Waals surface area contributed by atoms with E-state index in [4.69, 9.17) is 14.7 Å². The molecule has 15 nitrogen and oxygen atoms in total. The largest absolute Gasteiger partial charge is 0.492 e. The fourth-order valence-electron chi connectivity index (χ4n) is 5.74. The van der Waals surface area contributed by atoms with Crippen molar-refractivity contribution in [3.63, 3.8) is 0 Å². The molecule has 3 aromatic rings. The molecule has 1 aromatic heterocycles. The fraction of sp³-hybridized carbons (Fsp3) is 0.361. The quantitative estimate of drug-likeness (QED) is 0.234. The van der Waals surface area contributed by atoms with Crippen LogP contribution in [-0.4, -0.2) is 101 Å². The molecule has 0 aliphatic carbocycles. The van der Waals surface area contributed by atoms with Gasteiger partial charge in [-0.1, -0.05) is 30.3 Å². The van der Waals surface area contributed by atoms with E-state index >= 15 is 0 Å². The van der Waals surface area contributed by atoms with E-state index in [1.165, 1.54) is 25.3 Å². The number of piperidine rings is 1. The van der Waals surface area contributed by atoms with Crippen LogP contribution in [0.25, 0.3) is 0 Å². The molecule has 2 aromatic carbocycles. The summed E-state index contributed by atoms with van der Waals surface area (Å²) in [4.78, 5) is 72.7. The van der Waals surface area contributed by atoms with Crippen molar-refractivity contribution in [1.29, 1.82) is 5.26 Å². The summed E-state index contributed by atoms with van der Waals surface area (Å²) in [6.07, 6.45) is 1.49. The summed E-state index contributed by atoms with van der Waals surface area (Å²) < 4.78 is 12.2. The molecular formula is C36H39N7O8. The number of aliphatic hydroxyl groups is 1. The molecule has 1 fully saturated rings. The average molecular weight is 698 g/mol. The number of aromatic nitrogens is 1. The lowest BCUT2D eigenvalue weighted by Gasteiger charge is -2.41. The monoisotopic (exact) mass is 697 g/mol. The minimum Gasteiger partial charge on any atom is -0.492 e. The summed E-state index contributed by atoms with van der Waals surface area (Å²) >= 11 is 0. The van der Waals surface area contributed by atoms with Crippen molar-refractivity contribution in [2.45, 2.75) is 49.9 Å². The Morgan fingerprint density at radius 1 is 0.922 bits per heavy atom. The minimum absolute atomic E-state index is 0.0371. The average Bonchev–Trinajstić information content (AvgIpc) is 3.15. The zero-order chi connectivity index (χ0) is 36.4. The molecule has 0 saturated carbocycles. The summed E-state index contributed by atoms with van der Waals surface area (Å²) in [5, 5.41) is 29.6. The predicted octanol–water partition coefficient (Wildman–Crippen LogP) is 0.225. The second-order valence-electron chi connectivity index (χ2n) is 12.2. The lowest BCUT2D eigenvalue weighted by molar-refractivity contribution is -0.144. The number of carbonyl (C=O) groups excluding carboxylic acids is 5. The van der Waals surface area contributed by atoms with Gasteiger partial charge >= 0.3 is 0 Å². The molecular weight excluding hydrogens is 658 g/mol. The van der Waals surface area contributed by atoms with Crippen LogP contribution in [-0.2, 0) is 25.6 Å². The van der Waals surface area contributed by atoms with Crippen LogP contribution in [0.2, 0.25) is 0 Å². The first kappa shape index (κ1) is 36.3. The van der Waals surface area contributed by atoms with Gasteiger partial charge in [-0.05, 0) is 48.9 Å². The molecule has 6 rings (SSSR count). The molecule has 266 valence electrons. The fourth-order valence-corrected chi connectivity index (χ4v) is 5.74. The number of hydrogen-bond donors (Lipinski definition) is 5. The molecule has 1 spiro atoms. The van der Waals surface area contributed by atoms with Crippen molar-refractivity contribution in [3.8, 4) is 17.6 Å². The highest BCUT2D eigenvalue weighted by molar-refractivity contribution is 5.96. The van der Waals surface area contributed by atoms with Gasteiger partial charge in [0.25, 0.3) is 11.8 Å². The van der Waals surface area contributed by atoms with Gasteiger partial charge in [0, 0.05) is 38.5 Å². The van der Waals surface area contributed by atoms with Crippen LogP contribution >= 0.6 is 0 Å². The standard InChI is InChI=1S/C36H39N7O8/c1-23-31(45)38-15-18-50-27-9-11-28(12-10-27)51-36(13-16-43(17-14-36)34(48)25-7-8-26(20-37)39-21-25)35(49)42-29(19-24-5-3-2-4-6-24)32(46)41-30(22-44)33(47)40-23/h2-12,21,23,29-30,44H,13-19,22H2,1H3,(H,38,45)(H,40,47)(H,41,46)(H,42,49)/t23-,29+,30-/m0/s1. The lowest BCUT2D eigenvalue weighted by atomic mass is 9.88. The SMILES string of the molecule is C[C@@H]1NC(=O)[C@H](CO)NC(=O)[C@@H](Cc2ccccc2)NC(=O)C2(CCN(C(=O)c3ccc(C#N)nc3)CC2)Oc2ccc(cc2)OCCNC1=O. The smallest absolute Gasteiger partial charge is 0.265 e. The molecule has 4 heterocycles. The molecule has 0 radical (unpaired) electrons. The van der Waals surface area contributed by atoms with Gasteiger partial charge in [0.1, 0.15) is 48.0 Å². The number of nitrogens with zero attached hydrogens (tertiary/aromatic N) is 3. The van der Waals surface area contributed by atoms with Crippen LogP contribution in [0.5, 0.6) is 11.5 Å². The van der Waals surface area contributed by atoms with E-state index in [0.717, 1.165) is 0 Å². The van der Waals surface area contributed by atoms with Crippen molar-refractivity contribution in [2.24, 2.45) is 0 Å². The Labute approximate surface area is 294 Å². The Morgan fingerprint density at radius 2 is 1.61 bits per heavy atom. The zero-order valence-corrected chi connectivity index (χ0v) is 28.0. The van der Waals surface area contributed by atoms with Gasteiger partial charge in [-0.2, -0.15) is 5.26 Å². The molecule has 15 heteroatoms. The van der Waals surface area contributed by atoms with E-state index in [1.54, 1.807) is 53.4 Å². The number of aliphatic hydroxyl groups excluding tert-OH is 1. The molecule has 5 N–H and O–H groups in total. The number of nitrogens with one attached hydrogen (secondary N) is 4. The van der Waals surface area contributed by atoms with Gasteiger partial charge < -0.3 is 40.7 Å². The van der Waals surface area contributed by atoms with E-state index in [2.05, 4.69) is 26.3 Å². The first-order valence-electron chi connectivity index (χ1n) is 16.5. The number of pyridine rings is 1. The van der Waals surface area contributed by atoms with Gasteiger partial charge in [0.05, 0.1) is 18.7 Å². The van der Waals surface area contributed by atoms with E-state index in [9.17, 15) is 29.1 Å². The van der Waals surface area contributed by atoms with E-state index < -0.39 is 54.0 Å². The van der Waals surface area contributed by atoms with E-state index in [-0.39, 0.29) is 62.7 Å². The summed E-state index contributed by atoms with van der Waals surface area (Å²) in [5.41, 5.74) is -0.343. The van der Waals surface area contributed by atoms with E-state index in [0.29, 0.717) is 17.1 Å². The van der Waals surface area contributed by atoms with Crippen LogP contribution in [0, 0.1) is 11.3 Å². The van der Waals surface area contributed by atoms with Crippen molar-refractivity contribution in [1.82, 2.24) is 31.2 Å². The van der Waals surface area contributed by atoms with Crippen molar-refractivity contribution in [3.05, 3.63) is 89.7 Å². The number of rotatable bonds is 4. The molecule has 1 saturated heterocycles. The normalized spacial score (nSPS) is 21.5. The molecule has 2 bridgehead atoms. The third-order valence-electron chi connectivity index (χ3n) is 8.68. The van der Waals surface area contributed by atoms with Gasteiger partial charge in [-0.15, -0.1) is 0 Å². The molecule has 51 heavy (non-hydrogen) atoms. The first-order chi connectivity index (χ1) is 24.6. The first-order valence-corrected chi connectivity index (χ1v) is 16.5. The number of benzene rings is 2. The molecule has 3 atom stereocenters. The van der Waals surface area contributed by atoms with Gasteiger partial charge in [-0.25, -0.2) is 4.98 Å². The highest BCUT2D eigenvalue weighted by Gasteiger charge is 2.46. The van der Waals surface area contributed by atoms with Gasteiger partial charge in [-0.3, -0.25) is 24.0 Å². The summed E-state index contributed by atoms with van der Waals surface area (Å²) in [6, 6.07) is 16.8. The van der Waals surface area contributed by atoms with Crippen LogP contribution in [0.15, 0.2) is 72.9 Å². The topological polar surface area (TPSA) is 212 Å². The maximum Gasteiger partial charge on any atom is 0.265 e. The number of hydrogen-bond acceptors (Lipinski definition) is 10. The third kappa shape index (κ3) is 9.17. The Morgan fingerprint density at radius 3 is 2.25 bits per heavy atom. The number of ether oxygens (including phenoxy) is 2. The van der Waals surface area contributed by atoms with Crippen LogP contribution in [0.3, 0.4) is 0 Å². The Bertz CT molecular complexity index is 1750. The third-order valence-corrected chi connectivity index (χ3v) is 8.68. The lowest BCUT2D eigenvalue weighted by Crippen LogP contribution is -2.62. The highest BCUT2D eigenvalue weighted by atomic mass is 16.5. The van der Waals surface area contributed by atoms with Crippen LogP contribution < -0.4 is 30.7 Å². The number of amides is 5. The number of nitriles is 1. The summed E-state index contributed by atoms with van der Waals surface area (Å²) in [6.45, 7) is 1.20. The zero-order valence-electron chi connectivity index (χ0n) is 28.0. The molecule has 0 unspecified atom stereocenters. The van der Waals surface area contributed by atoms with Crippen LogP contribution in [0.4, 0.5) is 0 Å². The highest BCUT2D eigenvalue weighted by Crippen LogP contribution is 2.31. The summed E-state index contributed by atoms with van der Waals surface area (Å²) in [5.74, 6) is -2.15. The van der Waals surface area contributed by atoms with Crippen molar-refractivity contribution in [2.75, 3.05) is 32.8 Å². The van der Waals surface area contributed by atoms with Gasteiger partial charge in [0.2, 0.25) is 17.7 Å². The summed E-state index contributed by atoms with van der Waals surface area (Å²) in [7, 11) is 0. The Balaban J connectivity index is 1.45. The number of likely N-dealkylation sites (tertiary alicyclic amines) is 1. The number of carbonyl (C=O) groups is 5. The van der Waals surface area contributed by atoms with E-state index in [1.807, 2.05) is 12.1 Å². The maximum absolute atomic E-state index is 14.4. The minimum atomic E-state index is -1.52. The maximum atomic E-state index is 14.4. The second-order valence-corrected chi connectivity index (χ2v) is 12.2. The predicted molar refractivity (Wildman–Crippen MR) is 181 cm³/mol. The Kier molecular flexibility index (Phi) is 11.8. The van der Waals surface area contributed by atoms with Crippen molar-refractivity contribution < 1.29 is 38.6 Å². The van der Waals surface area contributed by atoms with Crippen molar-refractivity contribution >= 4 is 29.5 Å². The van der Waals surface area contributed by atoms with Gasteiger partial charge in [0.15, 0.2) is 5.60 Å². The molecule has 3 aliphatic rings. The Hall–Kier alpha value is -6.01. The number of fused-ring (bicyclic) bond motifs is 15. The van der Waals surface area contributed by atoms with Crippen LogP contribution in [0.1, 0.15) is 41.4 Å². The molecule has 5 amide bonds. The molecule has 3 aliphatic heterocycles. The second kappa shape index (κ2) is 16.6.